The van der Waals surface area contributed by atoms with Gasteiger partial charge in [-0.05, 0) is 73.4 Å². The summed E-state index contributed by atoms with van der Waals surface area (Å²) >= 11 is 6.23. The van der Waals surface area contributed by atoms with Gasteiger partial charge in [-0.1, -0.05) is 17.7 Å². The molecule has 3 heterocycles. The Labute approximate surface area is 174 Å². The van der Waals surface area contributed by atoms with E-state index in [0.29, 0.717) is 23.7 Å². The minimum Gasteiger partial charge on any atom is -0.353 e. The van der Waals surface area contributed by atoms with Gasteiger partial charge in [0, 0.05) is 34.7 Å². The van der Waals surface area contributed by atoms with E-state index in [9.17, 15) is 4.79 Å². The van der Waals surface area contributed by atoms with Crippen LogP contribution in [0.5, 0.6) is 0 Å². The zero-order valence-electron chi connectivity index (χ0n) is 16.1. The van der Waals surface area contributed by atoms with E-state index in [1.54, 1.807) is 12.4 Å². The van der Waals surface area contributed by atoms with Crippen molar-refractivity contribution in [2.24, 2.45) is 0 Å². The molecular weight excluding hydrogens is 384 g/mol. The monoisotopic (exact) mass is 404 g/mol. The zero-order chi connectivity index (χ0) is 20.2. The van der Waals surface area contributed by atoms with Gasteiger partial charge in [0.05, 0.1) is 11.4 Å². The van der Waals surface area contributed by atoms with Gasteiger partial charge in [-0.25, -0.2) is 4.98 Å². The van der Waals surface area contributed by atoms with Crippen molar-refractivity contribution in [3.63, 3.8) is 0 Å². The van der Waals surface area contributed by atoms with Crippen LogP contribution in [-0.2, 0) is 11.2 Å². The number of aromatic amines is 1. The number of amides is 1. The fraction of sp³-hybridized carbons (Fsp3) is 0.174. The highest BCUT2D eigenvalue weighted by Gasteiger charge is 2.15. The van der Waals surface area contributed by atoms with E-state index in [1.165, 1.54) is 0 Å². The first-order chi connectivity index (χ1) is 14.1. The zero-order valence-corrected chi connectivity index (χ0v) is 16.8. The van der Waals surface area contributed by atoms with Crippen molar-refractivity contribution in [1.29, 1.82) is 0 Å². The lowest BCUT2D eigenvalue weighted by Gasteiger charge is -2.07. The van der Waals surface area contributed by atoms with Gasteiger partial charge >= 0.3 is 0 Å². The number of halogens is 1. The Bertz CT molecular complexity index is 1150. The molecule has 0 aliphatic heterocycles. The number of carbonyl (C=O) groups is 1. The molecule has 0 aliphatic rings. The van der Waals surface area contributed by atoms with Gasteiger partial charge in [0.25, 0.3) is 0 Å². The summed E-state index contributed by atoms with van der Waals surface area (Å²) in [5, 5.41) is 4.62. The molecule has 0 radical (unpaired) electrons. The highest BCUT2D eigenvalue weighted by molar-refractivity contribution is 6.31. The molecule has 1 amide bonds. The number of aromatic nitrogens is 3. The normalized spacial score (nSPS) is 11.0. The van der Waals surface area contributed by atoms with Crippen LogP contribution in [0, 0.1) is 6.92 Å². The number of nitrogens with one attached hydrogen (secondary N) is 2. The van der Waals surface area contributed by atoms with Gasteiger partial charge in [0.15, 0.2) is 0 Å². The molecule has 0 spiro atoms. The van der Waals surface area contributed by atoms with Crippen molar-refractivity contribution in [1.82, 2.24) is 15.0 Å². The summed E-state index contributed by atoms with van der Waals surface area (Å²) in [6.45, 7) is 1.97. The molecule has 0 atom stereocenters. The van der Waals surface area contributed by atoms with Crippen LogP contribution in [0.25, 0.3) is 22.3 Å². The molecule has 0 bridgehead atoms. The number of rotatable bonds is 6. The molecule has 29 heavy (non-hydrogen) atoms. The lowest BCUT2D eigenvalue weighted by molar-refractivity contribution is -0.116. The maximum Gasteiger partial charge on any atom is 0.225 e. The van der Waals surface area contributed by atoms with Crippen molar-refractivity contribution in [2.45, 2.75) is 26.2 Å². The topological polar surface area (TPSA) is 70.7 Å². The second-order valence-electron chi connectivity index (χ2n) is 7.00. The Morgan fingerprint density at radius 1 is 1.10 bits per heavy atom. The van der Waals surface area contributed by atoms with Crippen LogP contribution < -0.4 is 5.32 Å². The lowest BCUT2D eigenvalue weighted by Crippen LogP contribution is -2.12. The highest BCUT2D eigenvalue weighted by Crippen LogP contribution is 2.32. The number of pyridine rings is 2. The Balaban J connectivity index is 1.52. The average molecular weight is 405 g/mol. The third kappa shape index (κ3) is 4.46. The highest BCUT2D eigenvalue weighted by atomic mass is 35.5. The Kier molecular flexibility index (Phi) is 5.58. The number of hydrogen-bond acceptors (Lipinski definition) is 3. The molecule has 0 saturated carbocycles. The smallest absolute Gasteiger partial charge is 0.225 e. The van der Waals surface area contributed by atoms with Crippen LogP contribution in [0.2, 0.25) is 5.02 Å². The second-order valence-corrected chi connectivity index (χ2v) is 7.44. The van der Waals surface area contributed by atoms with Crippen LogP contribution in [0.1, 0.15) is 24.0 Å². The summed E-state index contributed by atoms with van der Waals surface area (Å²) in [5.41, 5.74) is 5.05. The Morgan fingerprint density at radius 3 is 2.79 bits per heavy atom. The number of fused-ring (bicyclic) bond motifs is 1. The van der Waals surface area contributed by atoms with E-state index in [2.05, 4.69) is 20.3 Å². The summed E-state index contributed by atoms with van der Waals surface area (Å²) in [7, 11) is 0. The minimum atomic E-state index is -0.0413. The van der Waals surface area contributed by atoms with Crippen LogP contribution in [0.3, 0.4) is 0 Å². The molecule has 6 heteroatoms. The van der Waals surface area contributed by atoms with E-state index >= 15 is 0 Å². The number of H-pyrrole nitrogens is 1. The van der Waals surface area contributed by atoms with E-state index < -0.39 is 0 Å². The third-order valence-corrected chi connectivity index (χ3v) is 5.04. The van der Waals surface area contributed by atoms with Gasteiger partial charge in [-0.3, -0.25) is 9.78 Å². The first kappa shape index (κ1) is 19.2. The van der Waals surface area contributed by atoms with E-state index in [-0.39, 0.29) is 5.91 Å². The number of benzene rings is 1. The lowest BCUT2D eigenvalue weighted by atomic mass is 10.0. The average Bonchev–Trinajstić information content (AvgIpc) is 3.06. The van der Waals surface area contributed by atoms with Crippen molar-refractivity contribution in [3.05, 3.63) is 77.1 Å². The standard InChI is InChI=1S/C23H21ClN4O/c1-15-10-12-26-21(13-15)28-22(29)7-4-5-17-18-14-16(24)8-9-19(18)27-23(17)20-6-2-3-11-25-20/h2-3,6,8-14,27H,4-5,7H2,1H3,(H,26,28,29). The molecule has 0 aliphatic carbocycles. The molecule has 5 nitrogen and oxygen atoms in total. The second kappa shape index (κ2) is 8.45. The van der Waals surface area contributed by atoms with E-state index in [0.717, 1.165) is 39.8 Å². The van der Waals surface area contributed by atoms with E-state index in [4.69, 9.17) is 11.6 Å². The predicted octanol–water partition coefficient (Wildman–Crippen LogP) is 5.55. The maximum absolute atomic E-state index is 12.3. The molecule has 2 N–H and O–H groups in total. The van der Waals surface area contributed by atoms with Crippen molar-refractivity contribution < 1.29 is 4.79 Å². The summed E-state index contributed by atoms with van der Waals surface area (Å²) in [6, 6.07) is 15.4. The molecule has 4 aromatic rings. The first-order valence-corrected chi connectivity index (χ1v) is 9.92. The van der Waals surface area contributed by atoms with Crippen molar-refractivity contribution in [3.8, 4) is 11.4 Å². The molecule has 0 saturated heterocycles. The third-order valence-electron chi connectivity index (χ3n) is 4.80. The molecule has 4 rings (SSSR count). The van der Waals surface area contributed by atoms with Crippen molar-refractivity contribution >= 4 is 34.2 Å². The molecular formula is C23H21ClN4O. The fourth-order valence-corrected chi connectivity index (χ4v) is 3.62. The minimum absolute atomic E-state index is 0.0413. The number of carbonyl (C=O) groups excluding carboxylic acids is 1. The summed E-state index contributed by atoms with van der Waals surface area (Å²) in [4.78, 5) is 24.5. The van der Waals surface area contributed by atoms with Gasteiger partial charge in [0.1, 0.15) is 5.82 Å². The van der Waals surface area contributed by atoms with Gasteiger partial charge in [0.2, 0.25) is 5.91 Å². The van der Waals surface area contributed by atoms with Gasteiger partial charge in [-0.2, -0.15) is 0 Å². The maximum atomic E-state index is 12.3. The quantitative estimate of drug-likeness (QED) is 0.442. The predicted molar refractivity (Wildman–Crippen MR) is 117 cm³/mol. The van der Waals surface area contributed by atoms with Crippen LogP contribution in [0.15, 0.2) is 60.9 Å². The summed E-state index contributed by atoms with van der Waals surface area (Å²) in [6.07, 6.45) is 5.32. The molecule has 3 aromatic heterocycles. The van der Waals surface area contributed by atoms with Gasteiger partial charge < -0.3 is 10.3 Å². The summed E-state index contributed by atoms with van der Waals surface area (Å²) < 4.78 is 0. The largest absolute Gasteiger partial charge is 0.353 e. The Hall–Kier alpha value is -3.18. The molecule has 0 fully saturated rings. The van der Waals surface area contributed by atoms with Gasteiger partial charge in [-0.15, -0.1) is 0 Å². The Morgan fingerprint density at radius 2 is 2.00 bits per heavy atom. The van der Waals surface area contributed by atoms with E-state index in [1.807, 2.05) is 55.5 Å². The van der Waals surface area contributed by atoms with Crippen LogP contribution >= 0.6 is 11.6 Å². The fourth-order valence-electron chi connectivity index (χ4n) is 3.44. The van der Waals surface area contributed by atoms with Crippen molar-refractivity contribution in [2.75, 3.05) is 5.32 Å². The number of hydrogen-bond donors (Lipinski definition) is 2. The number of anilines is 1. The number of aryl methyl sites for hydroxylation is 2. The SMILES string of the molecule is Cc1ccnc(NC(=O)CCCc2c(-c3ccccn3)[nH]c3ccc(Cl)cc23)c1. The first-order valence-electron chi connectivity index (χ1n) is 9.54. The van der Waals surface area contributed by atoms with Crippen LogP contribution in [-0.4, -0.2) is 20.9 Å². The molecule has 1 aromatic carbocycles. The van der Waals surface area contributed by atoms with Crippen LogP contribution in [0.4, 0.5) is 5.82 Å². The number of nitrogens with zero attached hydrogens (tertiary/aromatic N) is 2. The summed E-state index contributed by atoms with van der Waals surface area (Å²) in [5.74, 6) is 0.545. The molecule has 146 valence electrons. The molecule has 0 unspecified atom stereocenters.